The van der Waals surface area contributed by atoms with Crippen LogP contribution in [0.25, 0.3) is 0 Å². The average molecular weight is 285 g/mol. The van der Waals surface area contributed by atoms with Gasteiger partial charge >= 0.3 is 20.8 Å². The van der Waals surface area contributed by atoms with E-state index in [2.05, 4.69) is 8.57 Å². The van der Waals surface area contributed by atoms with Crippen molar-refractivity contribution in [2.75, 3.05) is 5.23 Å². The highest BCUT2D eigenvalue weighted by molar-refractivity contribution is 7.81. The second-order valence-electron chi connectivity index (χ2n) is 2.60. The van der Waals surface area contributed by atoms with Gasteiger partial charge < -0.3 is 0 Å². The molecule has 0 radical (unpaired) electrons. The van der Waals surface area contributed by atoms with Crippen LogP contribution in [-0.2, 0) is 29.4 Å². The summed E-state index contributed by atoms with van der Waals surface area (Å²) in [5.74, 6) is 0. The zero-order valence-corrected chi connectivity index (χ0v) is 9.63. The Balaban J connectivity index is 3.03. The first-order valence-corrected chi connectivity index (χ1v) is 6.59. The van der Waals surface area contributed by atoms with Gasteiger partial charge in [0.25, 0.3) is 0 Å². The molecule has 11 heteroatoms. The van der Waals surface area contributed by atoms with Gasteiger partial charge in [0.15, 0.2) is 0 Å². The van der Waals surface area contributed by atoms with Crippen LogP contribution >= 0.6 is 0 Å². The van der Waals surface area contributed by atoms with Crippen molar-refractivity contribution in [2.45, 2.75) is 0 Å². The van der Waals surface area contributed by atoms with Gasteiger partial charge in [0.1, 0.15) is 0 Å². The van der Waals surface area contributed by atoms with Crippen LogP contribution in [-0.4, -0.2) is 25.9 Å². The van der Waals surface area contributed by atoms with E-state index < -0.39 is 20.8 Å². The molecule has 1 aromatic carbocycles. The summed E-state index contributed by atoms with van der Waals surface area (Å²) in [7, 11) is -10.0. The van der Waals surface area contributed by atoms with Crippen LogP contribution in [0.15, 0.2) is 30.3 Å². The van der Waals surface area contributed by atoms with Crippen molar-refractivity contribution >= 4 is 26.5 Å². The van der Waals surface area contributed by atoms with Crippen LogP contribution in [0.2, 0.25) is 0 Å². The molecule has 0 aliphatic heterocycles. The molecule has 0 fully saturated rings. The Hall–Kier alpha value is -1.24. The molecule has 0 aromatic heterocycles. The molecule has 0 spiro atoms. The topological polar surface area (TPSA) is 130 Å². The molecule has 96 valence electrons. The molecule has 9 nitrogen and oxygen atoms in total. The van der Waals surface area contributed by atoms with E-state index in [0.29, 0.717) is 0 Å². The minimum absolute atomic E-state index is 0.176. The number of rotatable bonds is 5. The lowest BCUT2D eigenvalue weighted by molar-refractivity contribution is 0.0629. The summed E-state index contributed by atoms with van der Waals surface area (Å²) in [4.78, 5) is 0. The third-order valence-corrected chi connectivity index (χ3v) is 1.94. The first kappa shape index (κ1) is 13.8. The van der Waals surface area contributed by atoms with Crippen LogP contribution in [0.1, 0.15) is 0 Å². The van der Waals surface area contributed by atoms with Gasteiger partial charge in [-0.15, -0.1) is 0 Å². The summed E-state index contributed by atoms with van der Waals surface area (Å²) in [6, 6.07) is 6.77. The maximum atomic E-state index is 10.4. The second kappa shape index (κ2) is 4.95. The number of anilines is 1. The molecule has 0 aliphatic rings. The van der Waals surface area contributed by atoms with Crippen molar-refractivity contribution in [2.24, 2.45) is 0 Å². The highest BCUT2D eigenvalue weighted by atomic mass is 32.3. The van der Waals surface area contributed by atoms with E-state index in [0.717, 1.165) is 0 Å². The Labute approximate surface area is 97.0 Å². The fourth-order valence-electron chi connectivity index (χ4n) is 0.819. The molecular formula is C6H7NO8S2. The molecule has 0 saturated heterocycles. The van der Waals surface area contributed by atoms with Gasteiger partial charge in [-0.25, -0.2) is 0 Å². The standard InChI is InChI=1S/C6H7NO8S2/c8-16(9,10)14-7(15-17(11,12)13)6-4-2-1-3-5-6/h1-5H,(H,8,9,10)(H,11,12,13). The van der Waals surface area contributed by atoms with E-state index in [1.54, 1.807) is 6.07 Å². The molecule has 0 saturated carbocycles. The molecule has 17 heavy (non-hydrogen) atoms. The maximum Gasteiger partial charge on any atom is 0.420 e. The van der Waals surface area contributed by atoms with Gasteiger partial charge in [-0.1, -0.05) is 32.0 Å². The van der Waals surface area contributed by atoms with Crippen molar-refractivity contribution < 1.29 is 34.5 Å². The molecule has 0 bridgehead atoms. The first-order chi connectivity index (χ1) is 7.67. The summed E-state index contributed by atoms with van der Waals surface area (Å²) in [5, 5.41) is -0.176. The van der Waals surface area contributed by atoms with Crippen molar-refractivity contribution in [3.63, 3.8) is 0 Å². The minimum atomic E-state index is -5.02. The van der Waals surface area contributed by atoms with Crippen LogP contribution in [0, 0.1) is 0 Å². The fourth-order valence-corrected chi connectivity index (χ4v) is 1.43. The molecule has 0 amide bonds. The van der Waals surface area contributed by atoms with Crippen molar-refractivity contribution in [1.29, 1.82) is 0 Å². The van der Waals surface area contributed by atoms with E-state index in [4.69, 9.17) is 9.11 Å². The summed E-state index contributed by atoms with van der Waals surface area (Å²) >= 11 is 0. The highest BCUT2D eigenvalue weighted by Gasteiger charge is 2.22. The van der Waals surface area contributed by atoms with Gasteiger partial charge in [-0.2, -0.15) is 16.8 Å². The fraction of sp³-hybridized carbons (Fsp3) is 0. The summed E-state index contributed by atoms with van der Waals surface area (Å²) < 4.78 is 66.1. The van der Waals surface area contributed by atoms with Crippen molar-refractivity contribution in [1.82, 2.24) is 0 Å². The lowest BCUT2D eigenvalue weighted by atomic mass is 10.3. The van der Waals surface area contributed by atoms with Crippen LogP contribution in [0.3, 0.4) is 0 Å². The minimum Gasteiger partial charge on any atom is -0.262 e. The van der Waals surface area contributed by atoms with Crippen molar-refractivity contribution in [3.8, 4) is 0 Å². The van der Waals surface area contributed by atoms with E-state index in [9.17, 15) is 16.8 Å². The Morgan fingerprint density at radius 2 is 1.29 bits per heavy atom. The van der Waals surface area contributed by atoms with Crippen LogP contribution < -0.4 is 5.23 Å². The second-order valence-corrected chi connectivity index (χ2v) is 4.61. The maximum absolute atomic E-state index is 10.4. The van der Waals surface area contributed by atoms with Gasteiger partial charge in [0.2, 0.25) is 0 Å². The Morgan fingerprint density at radius 1 is 0.882 bits per heavy atom. The van der Waals surface area contributed by atoms with E-state index in [-0.39, 0.29) is 10.9 Å². The van der Waals surface area contributed by atoms with Crippen LogP contribution in [0.4, 0.5) is 5.69 Å². The number of benzene rings is 1. The average Bonchev–Trinajstić information content (AvgIpc) is 2.14. The van der Waals surface area contributed by atoms with E-state index in [1.165, 1.54) is 24.3 Å². The Bertz CT molecular complexity index is 531. The van der Waals surface area contributed by atoms with Gasteiger partial charge in [-0.3, -0.25) is 9.11 Å². The third kappa shape index (κ3) is 5.58. The number of nitrogens with zero attached hydrogens (tertiary/aromatic N) is 1. The number of hydrogen-bond donors (Lipinski definition) is 2. The van der Waals surface area contributed by atoms with E-state index >= 15 is 0 Å². The molecule has 1 rings (SSSR count). The van der Waals surface area contributed by atoms with E-state index in [1.807, 2.05) is 0 Å². The largest absolute Gasteiger partial charge is 0.420 e. The number of para-hydroxylation sites is 1. The zero-order chi connectivity index (χ0) is 13.1. The molecule has 1 aromatic rings. The lowest BCUT2D eigenvalue weighted by Crippen LogP contribution is -2.29. The monoisotopic (exact) mass is 285 g/mol. The predicted octanol–water partition coefficient (Wildman–Crippen LogP) is -0.0382. The Kier molecular flexibility index (Phi) is 4.03. The quantitative estimate of drug-likeness (QED) is 0.565. The number of hydrogen-bond acceptors (Lipinski definition) is 7. The van der Waals surface area contributed by atoms with Gasteiger partial charge in [0, 0.05) is 0 Å². The first-order valence-electron chi connectivity index (χ1n) is 3.86. The molecule has 0 atom stereocenters. The molecular weight excluding hydrogens is 278 g/mol. The SMILES string of the molecule is O=S(=O)(O)ON(OS(=O)(=O)O)c1ccccc1. The lowest BCUT2D eigenvalue weighted by Gasteiger charge is -2.17. The van der Waals surface area contributed by atoms with Gasteiger partial charge in [-0.05, 0) is 12.1 Å². The predicted molar refractivity (Wildman–Crippen MR) is 54.2 cm³/mol. The Morgan fingerprint density at radius 3 is 1.65 bits per heavy atom. The third-order valence-electron chi connectivity index (χ3n) is 1.29. The normalized spacial score (nSPS) is 12.4. The van der Waals surface area contributed by atoms with Gasteiger partial charge in [0.05, 0.1) is 5.69 Å². The van der Waals surface area contributed by atoms with Crippen molar-refractivity contribution in [3.05, 3.63) is 30.3 Å². The summed E-state index contributed by atoms with van der Waals surface area (Å²) in [6.45, 7) is 0. The molecule has 2 N–H and O–H groups in total. The highest BCUT2D eigenvalue weighted by Crippen LogP contribution is 2.16. The zero-order valence-electron chi connectivity index (χ0n) is 7.99. The molecule has 0 heterocycles. The molecule has 0 aliphatic carbocycles. The smallest absolute Gasteiger partial charge is 0.262 e. The summed E-state index contributed by atoms with van der Waals surface area (Å²) in [5.41, 5.74) is -0.192. The van der Waals surface area contributed by atoms with Crippen LogP contribution in [0.5, 0.6) is 0 Å². The molecule has 0 unspecified atom stereocenters. The summed E-state index contributed by atoms with van der Waals surface area (Å²) in [6.07, 6.45) is 0.